The van der Waals surface area contributed by atoms with Crippen LogP contribution in [0.4, 0.5) is 8.78 Å². The summed E-state index contributed by atoms with van der Waals surface area (Å²) in [6.45, 7) is 1.23. The summed E-state index contributed by atoms with van der Waals surface area (Å²) in [6.07, 6.45) is 3.08. The maximum absolute atomic E-state index is 14.7. The molecule has 2 aliphatic heterocycles. The summed E-state index contributed by atoms with van der Waals surface area (Å²) in [4.78, 5) is 14.5. The molecule has 0 aromatic heterocycles. The number of carbonyl (C=O) groups is 1. The number of ether oxygens (including phenoxy) is 1. The van der Waals surface area contributed by atoms with Crippen LogP contribution in [0.25, 0.3) is 11.1 Å². The Morgan fingerprint density at radius 2 is 1.89 bits per heavy atom. The molecule has 2 aromatic carbocycles. The average Bonchev–Trinajstić information content (AvgIpc) is 2.99. The molecule has 1 N–H and O–H groups in total. The first-order valence-corrected chi connectivity index (χ1v) is 9.24. The highest BCUT2D eigenvalue weighted by atomic mass is 19.1. The Labute approximate surface area is 157 Å². The maximum Gasteiger partial charge on any atom is 0.256 e. The monoisotopic (exact) mass is 372 g/mol. The van der Waals surface area contributed by atoms with Gasteiger partial charge >= 0.3 is 0 Å². The lowest BCUT2D eigenvalue weighted by Gasteiger charge is -2.24. The molecule has 2 bridgehead atoms. The zero-order chi connectivity index (χ0) is 19.0. The molecule has 27 heavy (non-hydrogen) atoms. The van der Waals surface area contributed by atoms with Crippen molar-refractivity contribution < 1.29 is 18.3 Å². The molecule has 0 aliphatic carbocycles. The molecule has 0 radical (unpaired) electrons. The second-order valence-electron chi connectivity index (χ2n) is 7.22. The molecule has 2 aliphatic rings. The van der Waals surface area contributed by atoms with Gasteiger partial charge in [-0.1, -0.05) is 6.07 Å². The fourth-order valence-electron chi connectivity index (χ4n) is 4.01. The molecule has 142 valence electrons. The first-order valence-electron chi connectivity index (χ1n) is 9.24. The van der Waals surface area contributed by atoms with Gasteiger partial charge in [0.25, 0.3) is 5.91 Å². The molecule has 2 unspecified atom stereocenters. The summed E-state index contributed by atoms with van der Waals surface area (Å²) in [5, 5.41) is 3.51. The number of amides is 1. The van der Waals surface area contributed by atoms with Gasteiger partial charge in [-0.25, -0.2) is 8.78 Å². The summed E-state index contributed by atoms with van der Waals surface area (Å²) in [6, 6.07) is 9.43. The van der Waals surface area contributed by atoms with Crippen molar-refractivity contribution >= 4 is 5.91 Å². The van der Waals surface area contributed by atoms with Gasteiger partial charge in [0.2, 0.25) is 0 Å². The van der Waals surface area contributed by atoms with Crippen LogP contribution in [0.15, 0.2) is 36.4 Å². The van der Waals surface area contributed by atoms with E-state index in [2.05, 4.69) is 5.32 Å². The minimum Gasteiger partial charge on any atom is -0.497 e. The zero-order valence-electron chi connectivity index (χ0n) is 15.2. The van der Waals surface area contributed by atoms with Crippen molar-refractivity contribution in [2.45, 2.75) is 31.3 Å². The van der Waals surface area contributed by atoms with Crippen LogP contribution in [0.1, 0.15) is 29.6 Å². The average molecular weight is 372 g/mol. The van der Waals surface area contributed by atoms with Crippen molar-refractivity contribution in [2.24, 2.45) is 0 Å². The molecule has 2 heterocycles. The van der Waals surface area contributed by atoms with E-state index in [4.69, 9.17) is 4.74 Å². The van der Waals surface area contributed by atoms with Crippen molar-refractivity contribution in [3.05, 3.63) is 53.6 Å². The number of nitrogens with one attached hydrogen (secondary N) is 1. The predicted octanol–water partition coefficient (Wildman–Crippen LogP) is 3.61. The Morgan fingerprint density at radius 3 is 2.63 bits per heavy atom. The normalized spacial score (nSPS) is 21.8. The number of halogens is 2. The predicted molar refractivity (Wildman–Crippen MR) is 98.8 cm³/mol. The summed E-state index contributed by atoms with van der Waals surface area (Å²) < 4.78 is 33.9. The van der Waals surface area contributed by atoms with Crippen LogP contribution >= 0.6 is 0 Å². The van der Waals surface area contributed by atoms with Crippen molar-refractivity contribution in [1.82, 2.24) is 10.2 Å². The second-order valence-corrected chi connectivity index (χ2v) is 7.22. The van der Waals surface area contributed by atoms with Gasteiger partial charge in [-0.2, -0.15) is 0 Å². The molecule has 1 amide bonds. The van der Waals surface area contributed by atoms with Gasteiger partial charge in [0, 0.05) is 36.8 Å². The third kappa shape index (κ3) is 3.54. The third-order valence-corrected chi connectivity index (χ3v) is 5.50. The van der Waals surface area contributed by atoms with Gasteiger partial charge in [-0.05, 0) is 49.1 Å². The van der Waals surface area contributed by atoms with Crippen LogP contribution < -0.4 is 10.1 Å². The number of carbonyl (C=O) groups excluding carboxylic acids is 1. The molecule has 2 atom stereocenters. The van der Waals surface area contributed by atoms with E-state index in [1.807, 2.05) is 0 Å². The Kier molecular flexibility index (Phi) is 4.83. The number of fused-ring (bicyclic) bond motifs is 2. The molecule has 0 saturated carbocycles. The van der Waals surface area contributed by atoms with E-state index in [0.717, 1.165) is 19.3 Å². The van der Waals surface area contributed by atoms with Crippen molar-refractivity contribution in [1.29, 1.82) is 0 Å². The van der Waals surface area contributed by atoms with Gasteiger partial charge in [0.05, 0.1) is 12.7 Å². The number of hydrogen-bond acceptors (Lipinski definition) is 3. The minimum absolute atomic E-state index is 0.0328. The molecule has 2 fully saturated rings. The molecule has 4 rings (SSSR count). The number of benzene rings is 2. The van der Waals surface area contributed by atoms with E-state index in [9.17, 15) is 13.6 Å². The number of nitrogens with zero attached hydrogens (tertiary/aromatic N) is 1. The van der Waals surface area contributed by atoms with Crippen LogP contribution in [0.5, 0.6) is 5.75 Å². The Bertz CT molecular complexity index is 871. The summed E-state index contributed by atoms with van der Waals surface area (Å²) in [5.74, 6) is -1.03. The molecular weight excluding hydrogens is 350 g/mol. The van der Waals surface area contributed by atoms with Crippen LogP contribution in [0.3, 0.4) is 0 Å². The molecular formula is C21H22F2N2O2. The largest absolute Gasteiger partial charge is 0.497 e. The van der Waals surface area contributed by atoms with E-state index in [0.29, 0.717) is 30.4 Å². The lowest BCUT2D eigenvalue weighted by molar-refractivity contribution is 0.0743. The molecule has 2 aromatic rings. The smallest absolute Gasteiger partial charge is 0.256 e. The van der Waals surface area contributed by atoms with Crippen LogP contribution in [0, 0.1) is 11.6 Å². The molecule has 6 heteroatoms. The zero-order valence-corrected chi connectivity index (χ0v) is 15.2. The number of likely N-dealkylation sites (tertiary alicyclic amines) is 1. The Hall–Kier alpha value is -2.47. The summed E-state index contributed by atoms with van der Waals surface area (Å²) in [5.41, 5.74) is 0.691. The number of hydrogen-bond donors (Lipinski definition) is 1. The van der Waals surface area contributed by atoms with E-state index < -0.39 is 11.6 Å². The number of rotatable bonds is 3. The van der Waals surface area contributed by atoms with Gasteiger partial charge in [-0.3, -0.25) is 4.79 Å². The second kappa shape index (κ2) is 7.27. The van der Waals surface area contributed by atoms with Crippen LogP contribution in [0.2, 0.25) is 0 Å². The molecule has 2 saturated heterocycles. The first-order chi connectivity index (χ1) is 13.0. The Balaban J connectivity index is 1.57. The fourth-order valence-corrected chi connectivity index (χ4v) is 4.01. The quantitative estimate of drug-likeness (QED) is 0.895. The lowest BCUT2D eigenvalue weighted by Crippen LogP contribution is -2.39. The SMILES string of the molecule is COc1ccc(-c2ccc(C(=O)N3CCC4CCC(C3)N4)c(F)c2)c(F)c1. The van der Waals surface area contributed by atoms with E-state index in [1.165, 1.54) is 25.3 Å². The molecule has 0 spiro atoms. The Morgan fingerprint density at radius 1 is 1.07 bits per heavy atom. The first kappa shape index (κ1) is 17.9. The lowest BCUT2D eigenvalue weighted by atomic mass is 10.0. The minimum atomic E-state index is -0.630. The van der Waals surface area contributed by atoms with Crippen molar-refractivity contribution in [3.8, 4) is 16.9 Å². The highest BCUT2D eigenvalue weighted by Gasteiger charge is 2.32. The van der Waals surface area contributed by atoms with E-state index in [1.54, 1.807) is 23.1 Å². The topological polar surface area (TPSA) is 41.6 Å². The summed E-state index contributed by atoms with van der Waals surface area (Å²) in [7, 11) is 1.46. The van der Waals surface area contributed by atoms with Crippen molar-refractivity contribution in [2.75, 3.05) is 20.2 Å². The van der Waals surface area contributed by atoms with Gasteiger partial charge in [0.15, 0.2) is 0 Å². The van der Waals surface area contributed by atoms with Crippen molar-refractivity contribution in [3.63, 3.8) is 0 Å². The van der Waals surface area contributed by atoms with Gasteiger partial charge in [0.1, 0.15) is 17.4 Å². The fraction of sp³-hybridized carbons (Fsp3) is 0.381. The van der Waals surface area contributed by atoms with E-state index >= 15 is 0 Å². The van der Waals surface area contributed by atoms with Crippen LogP contribution in [-0.4, -0.2) is 43.1 Å². The van der Waals surface area contributed by atoms with E-state index in [-0.39, 0.29) is 23.1 Å². The molecule has 4 nitrogen and oxygen atoms in total. The highest BCUT2D eigenvalue weighted by molar-refractivity contribution is 5.95. The highest BCUT2D eigenvalue weighted by Crippen LogP contribution is 2.28. The number of methoxy groups -OCH3 is 1. The third-order valence-electron chi connectivity index (χ3n) is 5.50. The maximum atomic E-state index is 14.7. The van der Waals surface area contributed by atoms with Gasteiger partial charge < -0.3 is 15.0 Å². The van der Waals surface area contributed by atoms with Gasteiger partial charge in [-0.15, -0.1) is 0 Å². The summed E-state index contributed by atoms with van der Waals surface area (Å²) >= 11 is 0. The standard InChI is InChI=1S/C21H22F2N2O2/c1-27-16-5-7-17(20(23)11-16)13-2-6-18(19(22)10-13)21(26)25-9-8-14-3-4-15(12-25)24-14/h2,5-7,10-11,14-15,24H,3-4,8-9,12H2,1H3. The van der Waals surface area contributed by atoms with Crippen LogP contribution in [-0.2, 0) is 0 Å².